The molecule has 0 atom stereocenters. The van der Waals surface area contributed by atoms with Crippen LogP contribution in [0.1, 0.15) is 39.5 Å². The Balaban J connectivity index is 2.50. The first-order chi connectivity index (χ1) is 6.33. The highest BCUT2D eigenvalue weighted by Crippen LogP contribution is 2.21. The maximum Gasteiger partial charge on any atom is 0.227 e. The van der Waals surface area contributed by atoms with Gasteiger partial charge < -0.3 is 9.47 Å². The van der Waals surface area contributed by atoms with E-state index in [0.717, 1.165) is 13.0 Å². The van der Waals surface area contributed by atoms with Gasteiger partial charge in [-0.1, -0.05) is 6.42 Å². The minimum absolute atomic E-state index is 0.486. The third-order valence-corrected chi connectivity index (χ3v) is 2.33. The third-order valence-electron chi connectivity index (χ3n) is 2.33. The normalized spacial score (nSPS) is 22.6. The van der Waals surface area contributed by atoms with Crippen molar-refractivity contribution in [2.24, 2.45) is 0 Å². The molecule has 78 valence electrons. The van der Waals surface area contributed by atoms with Crippen molar-refractivity contribution in [1.82, 2.24) is 5.32 Å². The summed E-state index contributed by atoms with van der Waals surface area (Å²) in [5.74, 6) is -0.486. The highest BCUT2D eigenvalue weighted by Gasteiger charge is 2.31. The van der Waals surface area contributed by atoms with Crippen LogP contribution in [0.25, 0.3) is 0 Å². The summed E-state index contributed by atoms with van der Waals surface area (Å²) in [6.07, 6.45) is 4.65. The molecule has 0 spiro atoms. The second-order valence-corrected chi connectivity index (χ2v) is 3.36. The van der Waals surface area contributed by atoms with E-state index in [1.54, 1.807) is 0 Å². The standard InChI is InChI=1S/C10H21NO2/c1-3-12-10(13-4-2)8-6-5-7-9-11-10/h11H,3-9H2,1-2H3. The zero-order valence-corrected chi connectivity index (χ0v) is 8.77. The molecule has 0 aromatic carbocycles. The monoisotopic (exact) mass is 187 g/mol. The molecule has 3 nitrogen and oxygen atoms in total. The first-order valence-corrected chi connectivity index (χ1v) is 5.36. The van der Waals surface area contributed by atoms with Gasteiger partial charge in [0.05, 0.1) is 0 Å². The average Bonchev–Trinajstić information content (AvgIpc) is 2.32. The molecule has 3 heteroatoms. The van der Waals surface area contributed by atoms with Gasteiger partial charge in [-0.25, -0.2) is 0 Å². The molecule has 1 aliphatic heterocycles. The minimum Gasteiger partial charge on any atom is -0.338 e. The van der Waals surface area contributed by atoms with Crippen molar-refractivity contribution in [3.8, 4) is 0 Å². The van der Waals surface area contributed by atoms with Gasteiger partial charge in [0.1, 0.15) is 0 Å². The van der Waals surface area contributed by atoms with Crippen molar-refractivity contribution in [2.75, 3.05) is 19.8 Å². The highest BCUT2D eigenvalue weighted by atomic mass is 16.7. The Hall–Kier alpha value is -0.120. The lowest BCUT2D eigenvalue weighted by Gasteiger charge is -2.32. The molecule has 0 aromatic heterocycles. The lowest BCUT2D eigenvalue weighted by atomic mass is 10.2. The summed E-state index contributed by atoms with van der Waals surface area (Å²) in [6, 6.07) is 0. The summed E-state index contributed by atoms with van der Waals surface area (Å²) in [4.78, 5) is 0. The molecule has 1 heterocycles. The molecule has 1 fully saturated rings. The van der Waals surface area contributed by atoms with Crippen LogP contribution >= 0.6 is 0 Å². The van der Waals surface area contributed by atoms with E-state index in [4.69, 9.17) is 9.47 Å². The predicted octanol–water partition coefficient (Wildman–Crippen LogP) is 1.88. The molecular weight excluding hydrogens is 166 g/mol. The zero-order valence-electron chi connectivity index (χ0n) is 8.77. The molecule has 13 heavy (non-hydrogen) atoms. The molecule has 1 N–H and O–H groups in total. The van der Waals surface area contributed by atoms with Crippen LogP contribution in [0.15, 0.2) is 0 Å². The van der Waals surface area contributed by atoms with Crippen molar-refractivity contribution >= 4 is 0 Å². The molecule has 0 aliphatic carbocycles. The maximum absolute atomic E-state index is 5.66. The summed E-state index contributed by atoms with van der Waals surface area (Å²) >= 11 is 0. The van der Waals surface area contributed by atoms with Crippen LogP contribution in [0.5, 0.6) is 0 Å². The molecule has 0 saturated carbocycles. The van der Waals surface area contributed by atoms with E-state index >= 15 is 0 Å². The molecule has 0 aromatic rings. The molecule has 0 unspecified atom stereocenters. The van der Waals surface area contributed by atoms with Crippen molar-refractivity contribution < 1.29 is 9.47 Å². The largest absolute Gasteiger partial charge is 0.338 e. The van der Waals surface area contributed by atoms with Gasteiger partial charge >= 0.3 is 0 Å². The molecule has 1 aliphatic rings. The van der Waals surface area contributed by atoms with Crippen LogP contribution in [-0.2, 0) is 9.47 Å². The second kappa shape index (κ2) is 5.58. The van der Waals surface area contributed by atoms with E-state index in [0.29, 0.717) is 13.2 Å². The summed E-state index contributed by atoms with van der Waals surface area (Å²) < 4.78 is 11.3. The Morgan fingerprint density at radius 1 is 1.08 bits per heavy atom. The molecule has 0 radical (unpaired) electrons. The molecule has 1 saturated heterocycles. The van der Waals surface area contributed by atoms with Crippen molar-refractivity contribution in [3.63, 3.8) is 0 Å². The number of hydrogen-bond donors (Lipinski definition) is 1. The van der Waals surface area contributed by atoms with Crippen LogP contribution in [0.3, 0.4) is 0 Å². The third kappa shape index (κ3) is 3.25. The van der Waals surface area contributed by atoms with Crippen LogP contribution in [0.4, 0.5) is 0 Å². The molecule has 0 bridgehead atoms. The van der Waals surface area contributed by atoms with E-state index < -0.39 is 5.91 Å². The molecule has 0 amide bonds. The minimum atomic E-state index is -0.486. The number of ether oxygens (including phenoxy) is 2. The van der Waals surface area contributed by atoms with E-state index in [1.807, 2.05) is 13.8 Å². The Morgan fingerprint density at radius 3 is 2.38 bits per heavy atom. The fourth-order valence-electron chi connectivity index (χ4n) is 1.78. The molecule has 1 rings (SSSR count). The fraction of sp³-hybridized carbons (Fsp3) is 1.00. The van der Waals surface area contributed by atoms with Gasteiger partial charge in [-0.3, -0.25) is 5.32 Å². The topological polar surface area (TPSA) is 30.5 Å². The van der Waals surface area contributed by atoms with Gasteiger partial charge in [0.15, 0.2) is 0 Å². The van der Waals surface area contributed by atoms with E-state index in [1.165, 1.54) is 19.3 Å². The van der Waals surface area contributed by atoms with E-state index in [-0.39, 0.29) is 0 Å². The van der Waals surface area contributed by atoms with Gasteiger partial charge in [-0.15, -0.1) is 0 Å². The Labute approximate surface area is 80.8 Å². The van der Waals surface area contributed by atoms with Gasteiger partial charge in [0, 0.05) is 26.2 Å². The fourth-order valence-corrected chi connectivity index (χ4v) is 1.78. The maximum atomic E-state index is 5.66. The van der Waals surface area contributed by atoms with E-state index in [9.17, 15) is 0 Å². The van der Waals surface area contributed by atoms with Crippen LogP contribution in [0.2, 0.25) is 0 Å². The van der Waals surface area contributed by atoms with Gasteiger partial charge in [-0.05, 0) is 26.7 Å². The SMILES string of the molecule is CCOC1(OCC)CCCCCN1. The first-order valence-electron chi connectivity index (χ1n) is 5.36. The lowest BCUT2D eigenvalue weighted by molar-refractivity contribution is -0.254. The van der Waals surface area contributed by atoms with Crippen LogP contribution < -0.4 is 5.32 Å². The lowest BCUT2D eigenvalue weighted by Crippen LogP contribution is -2.49. The number of hydrogen-bond acceptors (Lipinski definition) is 3. The van der Waals surface area contributed by atoms with Crippen molar-refractivity contribution in [2.45, 2.75) is 45.4 Å². The summed E-state index contributed by atoms with van der Waals surface area (Å²) in [6.45, 7) is 6.42. The summed E-state index contributed by atoms with van der Waals surface area (Å²) in [7, 11) is 0. The van der Waals surface area contributed by atoms with Gasteiger partial charge in [-0.2, -0.15) is 0 Å². The predicted molar refractivity (Wildman–Crippen MR) is 52.5 cm³/mol. The zero-order chi connectivity index (χ0) is 9.57. The Bertz CT molecular complexity index is 123. The van der Waals surface area contributed by atoms with Crippen LogP contribution in [0, 0.1) is 0 Å². The van der Waals surface area contributed by atoms with Crippen LogP contribution in [-0.4, -0.2) is 25.7 Å². The number of rotatable bonds is 4. The van der Waals surface area contributed by atoms with E-state index in [2.05, 4.69) is 5.32 Å². The Morgan fingerprint density at radius 2 is 1.77 bits per heavy atom. The van der Waals surface area contributed by atoms with Crippen molar-refractivity contribution in [3.05, 3.63) is 0 Å². The second-order valence-electron chi connectivity index (χ2n) is 3.36. The quantitative estimate of drug-likeness (QED) is 0.682. The average molecular weight is 187 g/mol. The highest BCUT2D eigenvalue weighted by molar-refractivity contribution is 4.71. The number of nitrogens with one attached hydrogen (secondary N) is 1. The summed E-state index contributed by atoms with van der Waals surface area (Å²) in [5, 5.41) is 3.35. The molecular formula is C10H21NO2. The van der Waals surface area contributed by atoms with Gasteiger partial charge in [0.25, 0.3) is 0 Å². The first kappa shape index (κ1) is 11.0. The van der Waals surface area contributed by atoms with Crippen molar-refractivity contribution in [1.29, 1.82) is 0 Å². The smallest absolute Gasteiger partial charge is 0.227 e. The summed E-state index contributed by atoms with van der Waals surface area (Å²) in [5.41, 5.74) is 0. The Kier molecular flexibility index (Phi) is 4.70. The van der Waals surface area contributed by atoms with Gasteiger partial charge in [0.2, 0.25) is 5.91 Å².